The van der Waals surface area contributed by atoms with Crippen LogP contribution in [0.15, 0.2) is 30.3 Å². The Balaban J connectivity index is 2.40. The highest BCUT2D eigenvalue weighted by molar-refractivity contribution is 5.85. The van der Waals surface area contributed by atoms with Gasteiger partial charge in [-0.1, -0.05) is 30.0 Å². The Kier molecular flexibility index (Phi) is 4.95. The lowest BCUT2D eigenvalue weighted by Crippen LogP contribution is -2.53. The number of amides is 2. The van der Waals surface area contributed by atoms with Gasteiger partial charge in [-0.3, -0.25) is 0 Å². The summed E-state index contributed by atoms with van der Waals surface area (Å²) < 4.78 is 0. The van der Waals surface area contributed by atoms with E-state index < -0.39 is 17.5 Å². The summed E-state index contributed by atoms with van der Waals surface area (Å²) in [6.07, 6.45) is 0. The number of urea groups is 1. The second-order valence-corrected chi connectivity index (χ2v) is 4.41. The number of carboxylic acids is 1. The Morgan fingerprint density at radius 1 is 1.26 bits per heavy atom. The van der Waals surface area contributed by atoms with Gasteiger partial charge in [0.25, 0.3) is 0 Å². The summed E-state index contributed by atoms with van der Waals surface area (Å²) in [6.45, 7) is 2.96. The molecular formula is C14H16N2O3. The lowest BCUT2D eigenvalue weighted by atomic mass is 10.1. The molecule has 0 saturated heterocycles. The molecule has 0 aliphatic rings. The van der Waals surface area contributed by atoms with Gasteiger partial charge in [0.1, 0.15) is 5.54 Å². The molecular weight excluding hydrogens is 244 g/mol. The Hall–Kier alpha value is -2.48. The van der Waals surface area contributed by atoms with Crippen molar-refractivity contribution in [1.29, 1.82) is 0 Å². The fraction of sp³-hybridized carbons (Fsp3) is 0.286. The Morgan fingerprint density at radius 3 is 2.47 bits per heavy atom. The maximum Gasteiger partial charge on any atom is 0.328 e. The number of carbonyl (C=O) groups excluding carboxylic acids is 1. The third-order valence-electron chi connectivity index (χ3n) is 2.30. The van der Waals surface area contributed by atoms with Crippen LogP contribution in [0.3, 0.4) is 0 Å². The van der Waals surface area contributed by atoms with Gasteiger partial charge in [0, 0.05) is 5.56 Å². The van der Waals surface area contributed by atoms with E-state index in [4.69, 9.17) is 5.11 Å². The second kappa shape index (κ2) is 6.45. The van der Waals surface area contributed by atoms with Crippen LogP contribution in [0.4, 0.5) is 4.79 Å². The van der Waals surface area contributed by atoms with Gasteiger partial charge >= 0.3 is 12.0 Å². The summed E-state index contributed by atoms with van der Waals surface area (Å²) >= 11 is 0. The second-order valence-electron chi connectivity index (χ2n) is 4.41. The minimum Gasteiger partial charge on any atom is -0.480 e. The third kappa shape index (κ3) is 5.13. The van der Waals surface area contributed by atoms with Crippen LogP contribution in [0.25, 0.3) is 0 Å². The first kappa shape index (κ1) is 14.6. The van der Waals surface area contributed by atoms with E-state index in [1.807, 2.05) is 30.3 Å². The maximum absolute atomic E-state index is 11.4. The Labute approximate surface area is 112 Å². The van der Waals surface area contributed by atoms with Gasteiger partial charge < -0.3 is 15.7 Å². The summed E-state index contributed by atoms with van der Waals surface area (Å²) in [4.78, 5) is 22.2. The van der Waals surface area contributed by atoms with Crippen LogP contribution in [0.1, 0.15) is 19.4 Å². The molecule has 0 unspecified atom stereocenters. The van der Waals surface area contributed by atoms with Crippen molar-refractivity contribution < 1.29 is 14.7 Å². The van der Waals surface area contributed by atoms with E-state index in [1.165, 1.54) is 13.8 Å². The topological polar surface area (TPSA) is 78.4 Å². The fourth-order valence-electron chi connectivity index (χ4n) is 1.17. The van der Waals surface area contributed by atoms with Crippen molar-refractivity contribution in [2.24, 2.45) is 0 Å². The van der Waals surface area contributed by atoms with Crippen molar-refractivity contribution in [3.8, 4) is 11.8 Å². The van der Waals surface area contributed by atoms with E-state index in [-0.39, 0.29) is 6.54 Å². The summed E-state index contributed by atoms with van der Waals surface area (Å²) in [5.41, 5.74) is -0.452. The van der Waals surface area contributed by atoms with Gasteiger partial charge in [-0.25, -0.2) is 9.59 Å². The molecule has 0 saturated carbocycles. The van der Waals surface area contributed by atoms with Crippen LogP contribution < -0.4 is 10.6 Å². The van der Waals surface area contributed by atoms with Gasteiger partial charge in [0.2, 0.25) is 0 Å². The number of nitrogens with one attached hydrogen (secondary N) is 2. The molecule has 1 aromatic rings. The molecule has 5 heteroatoms. The molecule has 0 bridgehead atoms. The van der Waals surface area contributed by atoms with Gasteiger partial charge in [-0.15, -0.1) is 0 Å². The molecule has 1 aromatic carbocycles. The average molecular weight is 260 g/mol. The predicted molar refractivity (Wildman–Crippen MR) is 71.6 cm³/mol. The minimum absolute atomic E-state index is 0.149. The molecule has 1 rings (SSSR count). The van der Waals surface area contributed by atoms with E-state index >= 15 is 0 Å². The van der Waals surface area contributed by atoms with Crippen LogP contribution in [0.5, 0.6) is 0 Å². The van der Waals surface area contributed by atoms with Crippen molar-refractivity contribution >= 4 is 12.0 Å². The maximum atomic E-state index is 11.4. The molecule has 0 spiro atoms. The minimum atomic E-state index is -1.31. The Morgan fingerprint density at radius 2 is 1.89 bits per heavy atom. The largest absolute Gasteiger partial charge is 0.480 e. The first-order valence-electron chi connectivity index (χ1n) is 5.75. The molecule has 0 fully saturated rings. The van der Waals surface area contributed by atoms with Crippen molar-refractivity contribution in [1.82, 2.24) is 10.6 Å². The zero-order chi connectivity index (χ0) is 14.3. The molecule has 2 amide bonds. The molecule has 100 valence electrons. The monoisotopic (exact) mass is 260 g/mol. The van der Waals surface area contributed by atoms with Crippen LogP contribution in [-0.4, -0.2) is 29.2 Å². The van der Waals surface area contributed by atoms with E-state index in [0.29, 0.717) is 0 Å². The van der Waals surface area contributed by atoms with Crippen LogP contribution in [-0.2, 0) is 4.79 Å². The zero-order valence-electron chi connectivity index (χ0n) is 10.9. The molecule has 3 N–H and O–H groups in total. The third-order valence-corrected chi connectivity index (χ3v) is 2.30. The molecule has 0 radical (unpaired) electrons. The first-order valence-corrected chi connectivity index (χ1v) is 5.75. The summed E-state index contributed by atoms with van der Waals surface area (Å²) in [5.74, 6) is 4.56. The van der Waals surface area contributed by atoms with Crippen molar-refractivity contribution in [3.63, 3.8) is 0 Å². The van der Waals surface area contributed by atoms with Gasteiger partial charge in [-0.05, 0) is 26.0 Å². The number of carboxylic acid groups (broad SMARTS) is 1. The molecule has 0 heterocycles. The quantitative estimate of drug-likeness (QED) is 0.714. The standard InChI is InChI=1S/C14H16N2O3/c1-14(2,12(17)18)16-13(19)15-10-6-9-11-7-4-3-5-8-11/h3-5,7-8H,10H2,1-2H3,(H,17,18)(H2,15,16,19). The summed E-state index contributed by atoms with van der Waals surface area (Å²) in [6, 6.07) is 8.81. The molecule has 0 aliphatic carbocycles. The lowest BCUT2D eigenvalue weighted by Gasteiger charge is -2.20. The molecule has 0 aromatic heterocycles. The summed E-state index contributed by atoms with van der Waals surface area (Å²) in [5, 5.41) is 13.7. The number of carbonyl (C=O) groups is 2. The SMILES string of the molecule is CC(C)(NC(=O)NCC#Cc1ccccc1)C(=O)O. The molecule has 5 nitrogen and oxygen atoms in total. The number of hydrogen-bond acceptors (Lipinski definition) is 2. The highest BCUT2D eigenvalue weighted by Gasteiger charge is 2.28. The van der Waals surface area contributed by atoms with Crippen LogP contribution >= 0.6 is 0 Å². The summed E-state index contributed by atoms with van der Waals surface area (Å²) in [7, 11) is 0. The normalized spacial score (nSPS) is 10.0. The van der Waals surface area contributed by atoms with E-state index in [2.05, 4.69) is 22.5 Å². The van der Waals surface area contributed by atoms with Gasteiger partial charge in [-0.2, -0.15) is 0 Å². The van der Waals surface area contributed by atoms with Crippen molar-refractivity contribution in [3.05, 3.63) is 35.9 Å². The van der Waals surface area contributed by atoms with Crippen molar-refractivity contribution in [2.75, 3.05) is 6.54 Å². The highest BCUT2D eigenvalue weighted by Crippen LogP contribution is 2.00. The fourth-order valence-corrected chi connectivity index (χ4v) is 1.17. The highest BCUT2D eigenvalue weighted by atomic mass is 16.4. The lowest BCUT2D eigenvalue weighted by molar-refractivity contribution is -0.142. The van der Waals surface area contributed by atoms with E-state index in [0.717, 1.165) is 5.56 Å². The van der Waals surface area contributed by atoms with Crippen molar-refractivity contribution in [2.45, 2.75) is 19.4 Å². The zero-order valence-corrected chi connectivity index (χ0v) is 10.9. The Bertz CT molecular complexity index is 512. The van der Waals surface area contributed by atoms with Crippen LogP contribution in [0.2, 0.25) is 0 Å². The van der Waals surface area contributed by atoms with Crippen LogP contribution in [0, 0.1) is 11.8 Å². The van der Waals surface area contributed by atoms with E-state index in [1.54, 1.807) is 0 Å². The number of benzene rings is 1. The van der Waals surface area contributed by atoms with Gasteiger partial charge in [0.05, 0.1) is 6.54 Å². The number of hydrogen-bond donors (Lipinski definition) is 3. The molecule has 19 heavy (non-hydrogen) atoms. The molecule has 0 atom stereocenters. The van der Waals surface area contributed by atoms with E-state index in [9.17, 15) is 9.59 Å². The number of rotatable bonds is 3. The smallest absolute Gasteiger partial charge is 0.328 e. The predicted octanol–water partition coefficient (Wildman–Crippen LogP) is 1.20. The average Bonchev–Trinajstić information content (AvgIpc) is 2.35. The first-order chi connectivity index (χ1) is 8.92. The van der Waals surface area contributed by atoms with Gasteiger partial charge in [0.15, 0.2) is 0 Å². The molecule has 0 aliphatic heterocycles. The number of aliphatic carboxylic acids is 1.